The number of quaternary nitrogens is 1. The molecule has 0 bridgehead atoms. The number of carbonyl (C=O) groups excluding carboxylic acids is 2. The third-order valence-corrected chi connectivity index (χ3v) is 14.2. The quantitative estimate of drug-likeness (QED) is 0.0212. The van der Waals surface area contributed by atoms with Gasteiger partial charge in [0.1, 0.15) is 19.3 Å². The van der Waals surface area contributed by atoms with Gasteiger partial charge in [0.2, 0.25) is 5.91 Å². The average molecular weight is 1020 g/mol. The number of phosphoric ester groups is 1. The highest BCUT2D eigenvalue weighted by Crippen LogP contribution is 2.38. The fourth-order valence-corrected chi connectivity index (χ4v) is 9.31. The molecule has 0 spiro atoms. The predicted molar refractivity (Wildman–Crippen MR) is 302 cm³/mol. The van der Waals surface area contributed by atoms with Crippen LogP contribution in [0.2, 0.25) is 0 Å². The van der Waals surface area contributed by atoms with Crippen molar-refractivity contribution < 1.29 is 37.3 Å². The summed E-state index contributed by atoms with van der Waals surface area (Å²) >= 11 is 0. The van der Waals surface area contributed by atoms with Gasteiger partial charge in [-0.2, -0.15) is 0 Å². The Morgan fingerprint density at radius 3 is 1.31 bits per heavy atom. The zero-order valence-corrected chi connectivity index (χ0v) is 48.3. The second-order valence-corrected chi connectivity index (χ2v) is 22.9. The fourth-order valence-electron chi connectivity index (χ4n) is 8.59. The van der Waals surface area contributed by atoms with Crippen molar-refractivity contribution in [1.29, 1.82) is 0 Å². The van der Waals surface area contributed by atoms with Crippen LogP contribution in [0.15, 0.2) is 48.6 Å². The van der Waals surface area contributed by atoms with Crippen LogP contribution in [0.3, 0.4) is 0 Å². The van der Waals surface area contributed by atoms with Gasteiger partial charge in [-0.25, -0.2) is 0 Å². The number of ether oxygens (including phenoxy) is 1. The highest BCUT2D eigenvalue weighted by atomic mass is 31.2. The van der Waals surface area contributed by atoms with Gasteiger partial charge in [0.25, 0.3) is 7.82 Å². The van der Waals surface area contributed by atoms with Crippen molar-refractivity contribution in [1.82, 2.24) is 5.32 Å². The van der Waals surface area contributed by atoms with E-state index >= 15 is 0 Å². The topological polar surface area (TPSA) is 114 Å². The standard InChI is InChI=1S/C61H115N2O7P/c1-7-10-13-16-19-22-25-28-30-31-32-33-34-35-38-41-44-47-50-53-60(64)62-58(57-69-71(66,67)68-56-55-63(4,5)6)59(52-49-46-43-40-37-27-24-21-18-15-12-9-3)70-61(65)54-51-48-45-42-39-36-29-26-23-20-17-14-11-8-2/h19,22,28,30,32-33,49,52,58-59H,7-18,20-21,23-27,29,31,34-48,50-51,53-57H2,1-6H3,(H-,62,64,66,67)/b22-19-,30-28-,33-32-,52-49-. The average Bonchev–Trinajstić information content (AvgIpc) is 3.33. The molecule has 0 rings (SSSR count). The lowest BCUT2D eigenvalue weighted by molar-refractivity contribution is -0.870. The first-order valence-electron chi connectivity index (χ1n) is 29.9. The molecule has 1 N–H and O–H groups in total. The summed E-state index contributed by atoms with van der Waals surface area (Å²) < 4.78 is 30.3. The Hall–Kier alpha value is -2.03. The second kappa shape index (κ2) is 51.5. The molecule has 0 aromatic rings. The maximum atomic E-state index is 13.5. The van der Waals surface area contributed by atoms with Gasteiger partial charge in [-0.3, -0.25) is 14.2 Å². The van der Waals surface area contributed by atoms with E-state index in [1.54, 1.807) is 0 Å². The molecule has 0 heterocycles. The minimum absolute atomic E-state index is 0.0243. The molecular weight excluding hydrogens is 904 g/mol. The Kier molecular flexibility index (Phi) is 50.0. The molecule has 0 aromatic carbocycles. The molecule has 416 valence electrons. The van der Waals surface area contributed by atoms with Crippen LogP contribution < -0.4 is 10.2 Å². The lowest BCUT2D eigenvalue weighted by Crippen LogP contribution is -2.47. The van der Waals surface area contributed by atoms with E-state index in [0.717, 1.165) is 89.9 Å². The number of hydrogen-bond donors (Lipinski definition) is 1. The molecule has 0 aliphatic heterocycles. The van der Waals surface area contributed by atoms with Crippen LogP contribution in [0.4, 0.5) is 0 Å². The van der Waals surface area contributed by atoms with Crippen LogP contribution in [0.1, 0.15) is 278 Å². The van der Waals surface area contributed by atoms with E-state index in [4.69, 9.17) is 13.8 Å². The Balaban J connectivity index is 5.30. The molecule has 1 amide bonds. The van der Waals surface area contributed by atoms with E-state index in [0.29, 0.717) is 17.4 Å². The first-order chi connectivity index (χ1) is 34.4. The van der Waals surface area contributed by atoms with Crippen molar-refractivity contribution in [3.8, 4) is 0 Å². The predicted octanol–water partition coefficient (Wildman–Crippen LogP) is 17.5. The summed E-state index contributed by atoms with van der Waals surface area (Å²) in [6.07, 6.45) is 62.1. The van der Waals surface area contributed by atoms with Gasteiger partial charge in [0.15, 0.2) is 0 Å². The van der Waals surface area contributed by atoms with Crippen LogP contribution in [0.25, 0.3) is 0 Å². The highest BCUT2D eigenvalue weighted by molar-refractivity contribution is 7.45. The van der Waals surface area contributed by atoms with Gasteiger partial charge in [-0.1, -0.05) is 243 Å². The van der Waals surface area contributed by atoms with Gasteiger partial charge in [0.05, 0.1) is 33.8 Å². The van der Waals surface area contributed by atoms with Crippen molar-refractivity contribution in [2.45, 2.75) is 290 Å². The number of hydrogen-bond acceptors (Lipinski definition) is 7. The number of esters is 1. The molecule has 0 fully saturated rings. The molecule has 0 aromatic heterocycles. The summed E-state index contributed by atoms with van der Waals surface area (Å²) in [5, 5.41) is 3.02. The van der Waals surface area contributed by atoms with Gasteiger partial charge < -0.3 is 28.5 Å². The van der Waals surface area contributed by atoms with Crippen molar-refractivity contribution in [2.75, 3.05) is 40.9 Å². The lowest BCUT2D eigenvalue weighted by Gasteiger charge is -2.30. The highest BCUT2D eigenvalue weighted by Gasteiger charge is 2.27. The van der Waals surface area contributed by atoms with Gasteiger partial charge in [-0.15, -0.1) is 0 Å². The molecule has 3 atom stereocenters. The molecule has 71 heavy (non-hydrogen) atoms. The minimum atomic E-state index is -4.70. The van der Waals surface area contributed by atoms with Crippen LogP contribution in [-0.2, 0) is 27.9 Å². The molecule has 0 saturated carbocycles. The summed E-state index contributed by atoms with van der Waals surface area (Å²) in [4.78, 5) is 39.9. The summed E-state index contributed by atoms with van der Waals surface area (Å²) in [7, 11) is 1.18. The van der Waals surface area contributed by atoms with E-state index in [-0.39, 0.29) is 24.9 Å². The summed E-state index contributed by atoms with van der Waals surface area (Å²) in [6.45, 7) is 6.82. The SMILES string of the molecule is CCCCC/C=C\C/C=C\C/C=C\CCCCCCCCC(=O)NC(COP(=O)([O-])OCC[N+](C)(C)C)C(/C=C\CCCCCCCCCCCC)OC(=O)CCCCCCCCCCCCCCCC. The zero-order valence-electron chi connectivity index (χ0n) is 47.4. The number of amides is 1. The minimum Gasteiger partial charge on any atom is -0.756 e. The third-order valence-electron chi connectivity index (χ3n) is 13.3. The van der Waals surface area contributed by atoms with E-state index < -0.39 is 26.6 Å². The van der Waals surface area contributed by atoms with E-state index in [1.165, 1.54) is 154 Å². The number of phosphoric acid groups is 1. The molecule has 9 nitrogen and oxygen atoms in total. The molecule has 3 unspecified atom stereocenters. The molecule has 0 radical (unpaired) electrons. The fraction of sp³-hybridized carbons (Fsp3) is 0.836. The molecular formula is C61H115N2O7P. The largest absolute Gasteiger partial charge is 0.756 e. The lowest BCUT2D eigenvalue weighted by atomic mass is 10.0. The van der Waals surface area contributed by atoms with Crippen molar-refractivity contribution in [2.24, 2.45) is 0 Å². The normalized spacial score (nSPS) is 14.1. The Morgan fingerprint density at radius 1 is 0.493 bits per heavy atom. The number of carbonyl (C=O) groups is 2. The summed E-state index contributed by atoms with van der Waals surface area (Å²) in [6, 6.07) is -0.892. The Morgan fingerprint density at radius 2 is 0.859 bits per heavy atom. The number of nitrogens with one attached hydrogen (secondary N) is 1. The zero-order chi connectivity index (χ0) is 52.2. The van der Waals surface area contributed by atoms with Crippen LogP contribution in [-0.4, -0.2) is 69.4 Å². The Bertz CT molecular complexity index is 1360. The molecule has 0 aliphatic rings. The number of allylic oxidation sites excluding steroid dienone is 7. The first kappa shape index (κ1) is 69.0. The summed E-state index contributed by atoms with van der Waals surface area (Å²) in [5.41, 5.74) is 0. The third kappa shape index (κ3) is 52.6. The summed E-state index contributed by atoms with van der Waals surface area (Å²) in [5.74, 6) is -0.548. The Labute approximate surface area is 439 Å². The molecule has 0 aliphatic carbocycles. The smallest absolute Gasteiger partial charge is 0.306 e. The van der Waals surface area contributed by atoms with Crippen LogP contribution >= 0.6 is 7.82 Å². The van der Waals surface area contributed by atoms with Crippen molar-refractivity contribution >= 4 is 19.7 Å². The number of nitrogens with zero attached hydrogens (tertiary/aromatic N) is 1. The monoisotopic (exact) mass is 1020 g/mol. The first-order valence-corrected chi connectivity index (χ1v) is 31.4. The van der Waals surface area contributed by atoms with E-state index in [2.05, 4.69) is 62.5 Å². The van der Waals surface area contributed by atoms with E-state index in [1.807, 2.05) is 33.3 Å². The van der Waals surface area contributed by atoms with E-state index in [9.17, 15) is 19.0 Å². The second-order valence-electron chi connectivity index (χ2n) is 21.5. The van der Waals surface area contributed by atoms with Crippen LogP contribution in [0.5, 0.6) is 0 Å². The number of unbranched alkanes of at least 4 members (excludes halogenated alkanes) is 32. The van der Waals surface area contributed by atoms with Gasteiger partial charge >= 0.3 is 5.97 Å². The maximum absolute atomic E-state index is 13.5. The van der Waals surface area contributed by atoms with Crippen molar-refractivity contribution in [3.05, 3.63) is 48.6 Å². The van der Waals surface area contributed by atoms with Crippen LogP contribution in [0, 0.1) is 0 Å². The number of likely N-dealkylation sites (N-methyl/N-ethyl adjacent to an activating group) is 1. The maximum Gasteiger partial charge on any atom is 0.306 e. The molecule has 10 heteroatoms. The van der Waals surface area contributed by atoms with Gasteiger partial charge in [0, 0.05) is 12.8 Å². The molecule has 0 saturated heterocycles. The van der Waals surface area contributed by atoms with Gasteiger partial charge in [-0.05, 0) is 70.3 Å². The number of rotatable bonds is 54. The van der Waals surface area contributed by atoms with Crippen molar-refractivity contribution in [3.63, 3.8) is 0 Å².